The number of rotatable bonds is 4. The van der Waals surface area contributed by atoms with Crippen LogP contribution in [0.3, 0.4) is 0 Å². The minimum Gasteiger partial charge on any atom is -0.371 e. The van der Waals surface area contributed by atoms with E-state index in [2.05, 4.69) is 9.97 Å². The van der Waals surface area contributed by atoms with Gasteiger partial charge in [0.2, 0.25) is 0 Å². The molecule has 0 aliphatic heterocycles. The molecule has 1 aromatic heterocycles. The average molecular weight is 224 g/mol. The van der Waals surface area contributed by atoms with Crippen molar-refractivity contribution >= 4 is 0 Å². The molecule has 0 aliphatic carbocycles. The average Bonchev–Trinajstić information content (AvgIpc) is 2.16. The van der Waals surface area contributed by atoms with E-state index in [1.165, 1.54) is 0 Å². The molecule has 0 fully saturated rings. The summed E-state index contributed by atoms with van der Waals surface area (Å²) < 4.78 is 5.41. The van der Waals surface area contributed by atoms with Crippen LogP contribution in [0.5, 0.6) is 0 Å². The van der Waals surface area contributed by atoms with E-state index >= 15 is 0 Å². The summed E-state index contributed by atoms with van der Waals surface area (Å²) in [6.45, 7) is 10.3. The molecule has 0 saturated heterocycles. The minimum absolute atomic E-state index is 0.0518. The third kappa shape index (κ3) is 2.70. The summed E-state index contributed by atoms with van der Waals surface area (Å²) in [5.41, 5.74) is 1.50. The van der Waals surface area contributed by atoms with Crippen molar-refractivity contribution in [3.8, 4) is 0 Å². The summed E-state index contributed by atoms with van der Waals surface area (Å²) in [7, 11) is 0. The SMILES string of the molecule is CCOC(C)c1nc(C)c(C(C)C)c(=O)[nH]1. The zero-order chi connectivity index (χ0) is 12.3. The molecule has 16 heavy (non-hydrogen) atoms. The first-order valence-electron chi connectivity index (χ1n) is 5.69. The molecule has 0 spiro atoms. The highest BCUT2D eigenvalue weighted by Gasteiger charge is 2.14. The lowest BCUT2D eigenvalue weighted by Crippen LogP contribution is -2.21. The van der Waals surface area contributed by atoms with Crippen molar-refractivity contribution in [1.29, 1.82) is 0 Å². The Bertz CT molecular complexity index is 410. The van der Waals surface area contributed by atoms with E-state index in [0.717, 1.165) is 11.3 Å². The van der Waals surface area contributed by atoms with Crippen LogP contribution < -0.4 is 5.56 Å². The standard InChI is InChI=1S/C12H20N2O2/c1-6-16-9(5)11-13-8(4)10(7(2)3)12(15)14-11/h7,9H,6H2,1-5H3,(H,13,14,15). The van der Waals surface area contributed by atoms with Crippen molar-refractivity contribution in [2.45, 2.75) is 46.6 Å². The molecule has 0 aliphatic rings. The summed E-state index contributed by atoms with van der Waals surface area (Å²) in [6, 6.07) is 0. The first-order valence-corrected chi connectivity index (χ1v) is 5.69. The Balaban J connectivity index is 3.15. The summed E-state index contributed by atoms with van der Waals surface area (Å²) in [4.78, 5) is 19.0. The normalized spacial score (nSPS) is 13.1. The first-order chi connectivity index (χ1) is 7.47. The van der Waals surface area contributed by atoms with Crippen LogP contribution in [0.2, 0.25) is 0 Å². The maximum atomic E-state index is 11.9. The van der Waals surface area contributed by atoms with E-state index in [1.54, 1.807) is 0 Å². The fourth-order valence-electron chi connectivity index (χ4n) is 1.82. The quantitative estimate of drug-likeness (QED) is 0.853. The lowest BCUT2D eigenvalue weighted by molar-refractivity contribution is 0.0697. The van der Waals surface area contributed by atoms with Gasteiger partial charge in [-0.15, -0.1) is 0 Å². The number of ether oxygens (including phenoxy) is 1. The van der Waals surface area contributed by atoms with Crippen LogP contribution in [0.1, 0.15) is 56.8 Å². The molecular formula is C12H20N2O2. The molecule has 1 heterocycles. The Kier molecular flexibility index (Phi) is 4.24. The molecular weight excluding hydrogens is 204 g/mol. The van der Waals surface area contributed by atoms with Crippen LogP contribution in [0.15, 0.2) is 4.79 Å². The van der Waals surface area contributed by atoms with Crippen molar-refractivity contribution < 1.29 is 4.74 Å². The number of aromatic amines is 1. The molecule has 90 valence electrons. The number of aromatic nitrogens is 2. The summed E-state index contributed by atoms with van der Waals surface area (Å²) in [6.07, 6.45) is -0.169. The minimum atomic E-state index is -0.169. The highest BCUT2D eigenvalue weighted by atomic mass is 16.5. The van der Waals surface area contributed by atoms with E-state index in [-0.39, 0.29) is 17.6 Å². The molecule has 4 nitrogen and oxygen atoms in total. The van der Waals surface area contributed by atoms with Gasteiger partial charge in [0.05, 0.1) is 0 Å². The number of hydrogen-bond acceptors (Lipinski definition) is 3. The second-order valence-corrected chi connectivity index (χ2v) is 4.20. The van der Waals surface area contributed by atoms with E-state index in [4.69, 9.17) is 4.74 Å². The van der Waals surface area contributed by atoms with Gasteiger partial charge in [-0.2, -0.15) is 0 Å². The van der Waals surface area contributed by atoms with Gasteiger partial charge in [0.1, 0.15) is 11.9 Å². The van der Waals surface area contributed by atoms with Gasteiger partial charge in [0.25, 0.3) is 5.56 Å². The molecule has 1 atom stereocenters. The molecule has 1 unspecified atom stereocenters. The highest BCUT2D eigenvalue weighted by molar-refractivity contribution is 5.20. The lowest BCUT2D eigenvalue weighted by atomic mass is 10.0. The van der Waals surface area contributed by atoms with Gasteiger partial charge >= 0.3 is 0 Å². The smallest absolute Gasteiger partial charge is 0.254 e. The maximum Gasteiger partial charge on any atom is 0.254 e. The molecule has 1 N–H and O–H groups in total. The predicted molar refractivity (Wildman–Crippen MR) is 63.7 cm³/mol. The third-order valence-corrected chi connectivity index (χ3v) is 2.54. The zero-order valence-corrected chi connectivity index (χ0v) is 10.6. The van der Waals surface area contributed by atoms with Gasteiger partial charge in [-0.3, -0.25) is 4.79 Å². The summed E-state index contributed by atoms with van der Waals surface area (Å²) in [5.74, 6) is 0.793. The topological polar surface area (TPSA) is 55.0 Å². The Hall–Kier alpha value is -1.16. The molecule has 4 heteroatoms. The van der Waals surface area contributed by atoms with Crippen molar-refractivity contribution in [1.82, 2.24) is 9.97 Å². The third-order valence-electron chi connectivity index (χ3n) is 2.54. The van der Waals surface area contributed by atoms with Crippen LogP contribution in [0.25, 0.3) is 0 Å². The number of nitrogens with one attached hydrogen (secondary N) is 1. The fourth-order valence-corrected chi connectivity index (χ4v) is 1.82. The van der Waals surface area contributed by atoms with Crippen LogP contribution in [0.4, 0.5) is 0 Å². The second kappa shape index (κ2) is 5.25. The summed E-state index contributed by atoms with van der Waals surface area (Å²) in [5, 5.41) is 0. The molecule has 1 aromatic rings. The van der Waals surface area contributed by atoms with Crippen molar-refractivity contribution in [3.63, 3.8) is 0 Å². The Morgan fingerprint density at radius 3 is 2.44 bits per heavy atom. The van der Waals surface area contributed by atoms with Crippen LogP contribution in [-0.4, -0.2) is 16.6 Å². The van der Waals surface area contributed by atoms with Gasteiger partial charge in [0.15, 0.2) is 0 Å². The lowest BCUT2D eigenvalue weighted by Gasteiger charge is -2.14. The van der Waals surface area contributed by atoms with E-state index in [9.17, 15) is 4.79 Å². The monoisotopic (exact) mass is 224 g/mol. The Labute approximate surface area is 96.1 Å². The predicted octanol–water partition coefficient (Wildman–Crippen LogP) is 2.30. The van der Waals surface area contributed by atoms with Crippen LogP contribution in [-0.2, 0) is 4.74 Å². The Morgan fingerprint density at radius 1 is 1.38 bits per heavy atom. The van der Waals surface area contributed by atoms with Gasteiger partial charge < -0.3 is 9.72 Å². The van der Waals surface area contributed by atoms with E-state index in [1.807, 2.05) is 34.6 Å². The second-order valence-electron chi connectivity index (χ2n) is 4.20. The van der Waals surface area contributed by atoms with Crippen molar-refractivity contribution in [2.75, 3.05) is 6.61 Å². The first kappa shape index (κ1) is 12.9. The van der Waals surface area contributed by atoms with Gasteiger partial charge in [-0.1, -0.05) is 13.8 Å². The van der Waals surface area contributed by atoms with Gasteiger partial charge in [0, 0.05) is 17.9 Å². The largest absolute Gasteiger partial charge is 0.371 e. The number of hydrogen-bond donors (Lipinski definition) is 1. The Morgan fingerprint density at radius 2 is 2.00 bits per heavy atom. The molecule has 0 saturated carbocycles. The van der Waals surface area contributed by atoms with E-state index in [0.29, 0.717) is 12.4 Å². The number of nitrogens with zero attached hydrogens (tertiary/aromatic N) is 1. The van der Waals surface area contributed by atoms with Crippen LogP contribution >= 0.6 is 0 Å². The fraction of sp³-hybridized carbons (Fsp3) is 0.667. The van der Waals surface area contributed by atoms with Gasteiger partial charge in [-0.25, -0.2) is 4.98 Å². The molecule has 0 aromatic carbocycles. The van der Waals surface area contributed by atoms with Gasteiger partial charge in [-0.05, 0) is 26.7 Å². The number of aryl methyl sites for hydroxylation is 1. The highest BCUT2D eigenvalue weighted by Crippen LogP contribution is 2.16. The molecule has 0 radical (unpaired) electrons. The van der Waals surface area contributed by atoms with Crippen molar-refractivity contribution in [2.24, 2.45) is 0 Å². The molecule has 1 rings (SSSR count). The molecule has 0 bridgehead atoms. The molecule has 0 amide bonds. The van der Waals surface area contributed by atoms with Crippen LogP contribution in [0, 0.1) is 6.92 Å². The van der Waals surface area contributed by atoms with Crippen molar-refractivity contribution in [3.05, 3.63) is 27.4 Å². The summed E-state index contributed by atoms with van der Waals surface area (Å²) >= 11 is 0. The zero-order valence-electron chi connectivity index (χ0n) is 10.6. The maximum absolute atomic E-state index is 11.9. The number of H-pyrrole nitrogens is 1. The van der Waals surface area contributed by atoms with E-state index < -0.39 is 0 Å².